The van der Waals surface area contributed by atoms with Gasteiger partial charge in [0.05, 0.1) is 17.7 Å². The van der Waals surface area contributed by atoms with Crippen LogP contribution in [0.15, 0.2) is 60.9 Å². The molecule has 1 aliphatic heterocycles. The van der Waals surface area contributed by atoms with Gasteiger partial charge >= 0.3 is 0 Å². The van der Waals surface area contributed by atoms with Gasteiger partial charge in [0.25, 0.3) is 0 Å². The number of nitrogens with zero attached hydrogens (tertiary/aromatic N) is 4. The fraction of sp³-hybridized carbons (Fsp3) is 0.375. The van der Waals surface area contributed by atoms with E-state index < -0.39 is 0 Å². The Hall–Kier alpha value is -3.15. The van der Waals surface area contributed by atoms with Crippen LogP contribution in [0.2, 0.25) is 0 Å². The number of aromatic nitrogens is 3. The smallest absolute Gasteiger partial charge is 0.230 e. The van der Waals surface area contributed by atoms with E-state index in [2.05, 4.69) is 41.1 Å². The molecular formula is C24H29N5O. The molecule has 1 amide bonds. The lowest BCUT2D eigenvalue weighted by Gasteiger charge is -2.33. The van der Waals surface area contributed by atoms with Gasteiger partial charge in [-0.05, 0) is 51.3 Å². The summed E-state index contributed by atoms with van der Waals surface area (Å²) < 4.78 is 1.91. The van der Waals surface area contributed by atoms with E-state index >= 15 is 0 Å². The number of carbonyl (C=O) groups excluding carboxylic acids is 1. The lowest BCUT2D eigenvalue weighted by atomic mass is 9.97. The molecule has 1 atom stereocenters. The molecule has 30 heavy (non-hydrogen) atoms. The van der Waals surface area contributed by atoms with Crippen LogP contribution >= 0.6 is 0 Å². The summed E-state index contributed by atoms with van der Waals surface area (Å²) in [6, 6.07) is 16.0. The van der Waals surface area contributed by atoms with E-state index in [0.717, 1.165) is 42.1 Å². The molecular weight excluding hydrogens is 374 g/mol. The molecule has 156 valence electrons. The Bertz CT molecular complexity index is 991. The van der Waals surface area contributed by atoms with E-state index in [-0.39, 0.29) is 17.4 Å². The second-order valence-corrected chi connectivity index (χ2v) is 8.82. The molecule has 1 N–H and O–H groups in total. The molecule has 6 heteroatoms. The average molecular weight is 404 g/mol. The molecule has 4 rings (SSSR count). The summed E-state index contributed by atoms with van der Waals surface area (Å²) in [5.74, 6) is 1.64. The van der Waals surface area contributed by atoms with Gasteiger partial charge in [0.15, 0.2) is 0 Å². The van der Waals surface area contributed by atoms with E-state index in [0.29, 0.717) is 6.54 Å². The number of benzene rings is 1. The molecule has 0 aliphatic carbocycles. The van der Waals surface area contributed by atoms with Crippen LogP contribution in [0.3, 0.4) is 0 Å². The van der Waals surface area contributed by atoms with E-state index in [1.165, 1.54) is 0 Å². The topological polar surface area (TPSA) is 63.1 Å². The third kappa shape index (κ3) is 4.22. The molecule has 1 fully saturated rings. The number of pyridine rings is 1. The quantitative estimate of drug-likeness (QED) is 0.694. The Morgan fingerprint density at radius 3 is 2.57 bits per heavy atom. The van der Waals surface area contributed by atoms with Gasteiger partial charge in [0.2, 0.25) is 5.91 Å². The zero-order valence-corrected chi connectivity index (χ0v) is 17.9. The molecule has 0 radical (unpaired) electrons. The van der Waals surface area contributed by atoms with Crippen molar-refractivity contribution in [3.05, 3.63) is 60.9 Å². The summed E-state index contributed by atoms with van der Waals surface area (Å²) in [7, 11) is 0. The zero-order chi connectivity index (χ0) is 21.1. The monoisotopic (exact) mass is 403 g/mol. The molecule has 0 saturated carbocycles. The normalized spacial score (nSPS) is 17.0. The molecule has 0 bridgehead atoms. The van der Waals surface area contributed by atoms with E-state index in [9.17, 15) is 4.79 Å². The lowest BCUT2D eigenvalue weighted by molar-refractivity contribution is -0.120. The number of hydrogen-bond donors (Lipinski definition) is 1. The lowest BCUT2D eigenvalue weighted by Crippen LogP contribution is -2.41. The van der Waals surface area contributed by atoms with Crippen molar-refractivity contribution in [2.45, 2.75) is 39.2 Å². The third-order valence-corrected chi connectivity index (χ3v) is 5.50. The molecule has 6 nitrogen and oxygen atoms in total. The maximum atomic E-state index is 13.3. The predicted octanol–water partition coefficient (Wildman–Crippen LogP) is 4.56. The number of rotatable bonds is 4. The molecule has 1 aliphatic rings. The highest BCUT2D eigenvalue weighted by molar-refractivity contribution is 5.96. The van der Waals surface area contributed by atoms with Crippen LogP contribution in [0.5, 0.6) is 0 Å². The first-order chi connectivity index (χ1) is 14.4. The Balaban J connectivity index is 1.59. The van der Waals surface area contributed by atoms with Gasteiger partial charge in [-0.15, -0.1) is 0 Å². The average Bonchev–Trinajstić information content (AvgIpc) is 3.19. The predicted molar refractivity (Wildman–Crippen MR) is 120 cm³/mol. The van der Waals surface area contributed by atoms with E-state index in [4.69, 9.17) is 0 Å². The summed E-state index contributed by atoms with van der Waals surface area (Å²) in [5.41, 5.74) is 1.74. The van der Waals surface area contributed by atoms with Crippen molar-refractivity contribution >= 4 is 17.5 Å². The van der Waals surface area contributed by atoms with Gasteiger partial charge < -0.3 is 10.2 Å². The van der Waals surface area contributed by atoms with Crippen LogP contribution in [0.25, 0.3) is 11.1 Å². The van der Waals surface area contributed by atoms with Crippen LogP contribution in [0.4, 0.5) is 11.6 Å². The molecule has 1 saturated heterocycles. The van der Waals surface area contributed by atoms with Crippen molar-refractivity contribution in [1.29, 1.82) is 0 Å². The van der Waals surface area contributed by atoms with Crippen molar-refractivity contribution in [3.8, 4) is 11.1 Å². The van der Waals surface area contributed by atoms with Crippen LogP contribution in [-0.2, 0) is 10.3 Å². The maximum absolute atomic E-state index is 13.3. The third-order valence-electron chi connectivity index (χ3n) is 5.50. The highest BCUT2D eigenvalue weighted by Crippen LogP contribution is 2.32. The number of nitrogens with one attached hydrogen (secondary N) is 1. The van der Waals surface area contributed by atoms with Gasteiger partial charge in [-0.25, -0.2) is 9.67 Å². The van der Waals surface area contributed by atoms with Crippen molar-refractivity contribution in [2.24, 2.45) is 5.92 Å². The number of carbonyl (C=O) groups is 1. The maximum Gasteiger partial charge on any atom is 0.230 e. The van der Waals surface area contributed by atoms with E-state index in [1.807, 2.05) is 59.4 Å². The molecule has 3 heterocycles. The van der Waals surface area contributed by atoms with Crippen LogP contribution in [0.1, 0.15) is 33.6 Å². The van der Waals surface area contributed by atoms with E-state index in [1.54, 1.807) is 6.20 Å². The van der Waals surface area contributed by atoms with Crippen molar-refractivity contribution in [3.63, 3.8) is 0 Å². The minimum atomic E-state index is -0.248. The van der Waals surface area contributed by atoms with Gasteiger partial charge in [-0.2, -0.15) is 5.10 Å². The fourth-order valence-corrected chi connectivity index (χ4v) is 3.97. The van der Waals surface area contributed by atoms with Crippen molar-refractivity contribution in [2.75, 3.05) is 23.3 Å². The number of hydrogen-bond acceptors (Lipinski definition) is 4. The second-order valence-electron chi connectivity index (χ2n) is 8.82. The summed E-state index contributed by atoms with van der Waals surface area (Å²) in [6.45, 7) is 7.87. The standard InChI is InChI=1S/C24H29N5O/c1-24(2,3)29-22(20(16-26-29)18-10-5-4-6-11-18)27-23(30)19-12-9-15-28(17-19)21-13-7-8-14-25-21/h4-8,10-11,13-14,16,19H,9,12,15,17H2,1-3H3,(H,27,30). The second kappa shape index (κ2) is 8.30. The summed E-state index contributed by atoms with van der Waals surface area (Å²) in [4.78, 5) is 20.0. The summed E-state index contributed by atoms with van der Waals surface area (Å²) >= 11 is 0. The van der Waals surface area contributed by atoms with Gasteiger partial charge in [-0.3, -0.25) is 4.79 Å². The van der Waals surface area contributed by atoms with Gasteiger partial charge in [0.1, 0.15) is 11.6 Å². The Morgan fingerprint density at radius 2 is 1.87 bits per heavy atom. The van der Waals surface area contributed by atoms with Crippen molar-refractivity contribution < 1.29 is 4.79 Å². The van der Waals surface area contributed by atoms with Crippen molar-refractivity contribution in [1.82, 2.24) is 14.8 Å². The molecule has 2 aromatic heterocycles. The first kappa shape index (κ1) is 20.1. The first-order valence-corrected chi connectivity index (χ1v) is 10.5. The Labute approximate surface area is 177 Å². The minimum Gasteiger partial charge on any atom is -0.356 e. The van der Waals surface area contributed by atoms with Gasteiger partial charge in [-0.1, -0.05) is 36.4 Å². The summed E-state index contributed by atoms with van der Waals surface area (Å²) in [6.07, 6.45) is 5.49. The molecule has 3 aromatic rings. The molecule has 1 unspecified atom stereocenters. The number of piperidine rings is 1. The highest BCUT2D eigenvalue weighted by atomic mass is 16.2. The Kier molecular flexibility index (Phi) is 5.57. The Morgan fingerprint density at radius 1 is 1.10 bits per heavy atom. The summed E-state index contributed by atoms with van der Waals surface area (Å²) in [5, 5.41) is 7.83. The van der Waals surface area contributed by atoms with Crippen LogP contribution in [0, 0.1) is 5.92 Å². The minimum absolute atomic E-state index is 0.0406. The zero-order valence-electron chi connectivity index (χ0n) is 17.9. The largest absolute Gasteiger partial charge is 0.356 e. The number of amides is 1. The SMILES string of the molecule is CC(C)(C)n1ncc(-c2ccccc2)c1NC(=O)C1CCCN(c2ccccn2)C1. The highest BCUT2D eigenvalue weighted by Gasteiger charge is 2.29. The van der Waals surface area contributed by atoms with Gasteiger partial charge in [0, 0.05) is 24.8 Å². The first-order valence-electron chi connectivity index (χ1n) is 10.5. The van der Waals surface area contributed by atoms with Crippen LogP contribution in [-0.4, -0.2) is 33.8 Å². The van der Waals surface area contributed by atoms with Crippen LogP contribution < -0.4 is 10.2 Å². The number of anilines is 2. The molecule has 0 spiro atoms. The fourth-order valence-electron chi connectivity index (χ4n) is 3.97. The molecule has 1 aromatic carbocycles.